The molecule has 0 saturated heterocycles. The Labute approximate surface area is 124 Å². The van der Waals surface area contributed by atoms with Gasteiger partial charge in [-0.3, -0.25) is 0 Å². The van der Waals surface area contributed by atoms with Crippen LogP contribution in [0.2, 0.25) is 5.02 Å². The van der Waals surface area contributed by atoms with Gasteiger partial charge >= 0.3 is 0 Å². The fourth-order valence-corrected chi connectivity index (χ4v) is 3.14. The topological polar surface area (TPSA) is 21.3 Å². The molecule has 0 aliphatic carbocycles. The Bertz CT molecular complexity index is 652. The van der Waals surface area contributed by atoms with Crippen molar-refractivity contribution in [3.63, 3.8) is 0 Å². The third kappa shape index (κ3) is 2.30. The van der Waals surface area contributed by atoms with Gasteiger partial charge in [0.15, 0.2) is 0 Å². The lowest BCUT2D eigenvalue weighted by Gasteiger charge is -2.22. The molecule has 1 N–H and O–H groups in total. The number of nitrogens with one attached hydrogen (secondary N) is 1. The summed E-state index contributed by atoms with van der Waals surface area (Å²) in [6, 6.07) is 10.3. The monoisotopic (exact) mass is 287 g/mol. The molecule has 0 amide bonds. The Balaban J connectivity index is 2.26. The number of methoxy groups -OCH3 is 1. The molecular formula is C17H18ClNO. The van der Waals surface area contributed by atoms with Crippen molar-refractivity contribution in [2.45, 2.75) is 19.9 Å². The third-order valence-electron chi connectivity index (χ3n) is 3.85. The van der Waals surface area contributed by atoms with Crippen molar-refractivity contribution in [2.75, 3.05) is 13.7 Å². The minimum Gasteiger partial charge on any atom is -0.496 e. The predicted octanol–water partition coefficient (Wildman–Crippen LogP) is 3.97. The first-order valence-corrected chi connectivity index (χ1v) is 7.24. The third-order valence-corrected chi connectivity index (χ3v) is 4.17. The summed E-state index contributed by atoms with van der Waals surface area (Å²) in [6.07, 6.45) is 1.00. The Kier molecular flexibility index (Phi) is 3.68. The molecule has 0 radical (unpaired) electrons. The molecule has 0 bridgehead atoms. The standard InChI is InChI=1S/C17H18ClNO/c1-11-3-6-16(20-2)14(9-11)17-13-7-8-19-10-12(13)4-5-15(17)18/h3-6,9,19H,7-8,10H2,1-2H3. The van der Waals surface area contributed by atoms with Crippen LogP contribution in [0.25, 0.3) is 11.1 Å². The van der Waals surface area contributed by atoms with Crippen LogP contribution in [0.5, 0.6) is 5.75 Å². The van der Waals surface area contributed by atoms with E-state index in [1.165, 1.54) is 16.7 Å². The first-order valence-electron chi connectivity index (χ1n) is 6.86. The van der Waals surface area contributed by atoms with Gasteiger partial charge in [0.1, 0.15) is 5.75 Å². The zero-order valence-electron chi connectivity index (χ0n) is 11.8. The van der Waals surface area contributed by atoms with Gasteiger partial charge in [0, 0.05) is 22.7 Å². The van der Waals surface area contributed by atoms with Gasteiger partial charge in [0.2, 0.25) is 0 Å². The van der Waals surface area contributed by atoms with Crippen molar-refractivity contribution in [1.82, 2.24) is 5.32 Å². The summed E-state index contributed by atoms with van der Waals surface area (Å²) in [5.74, 6) is 0.879. The van der Waals surface area contributed by atoms with Crippen LogP contribution in [-0.2, 0) is 13.0 Å². The summed E-state index contributed by atoms with van der Waals surface area (Å²) in [4.78, 5) is 0. The maximum absolute atomic E-state index is 6.50. The molecule has 0 aromatic heterocycles. The molecule has 0 atom stereocenters. The Morgan fingerprint density at radius 2 is 2.05 bits per heavy atom. The Hall–Kier alpha value is -1.51. The van der Waals surface area contributed by atoms with Gasteiger partial charge in [-0.1, -0.05) is 29.3 Å². The summed E-state index contributed by atoms with van der Waals surface area (Å²) in [7, 11) is 1.71. The van der Waals surface area contributed by atoms with Gasteiger partial charge in [-0.05, 0) is 49.2 Å². The van der Waals surface area contributed by atoms with E-state index in [9.17, 15) is 0 Å². The van der Waals surface area contributed by atoms with Crippen molar-refractivity contribution in [1.29, 1.82) is 0 Å². The van der Waals surface area contributed by atoms with E-state index in [1.807, 2.05) is 12.1 Å². The highest BCUT2D eigenvalue weighted by Gasteiger charge is 2.19. The molecule has 1 aliphatic heterocycles. The van der Waals surface area contributed by atoms with E-state index in [0.717, 1.165) is 41.4 Å². The Morgan fingerprint density at radius 3 is 2.85 bits per heavy atom. The molecule has 0 spiro atoms. The zero-order valence-corrected chi connectivity index (χ0v) is 12.6. The minimum atomic E-state index is 0.801. The number of benzene rings is 2. The van der Waals surface area contributed by atoms with E-state index < -0.39 is 0 Å². The molecule has 2 aromatic rings. The van der Waals surface area contributed by atoms with Crippen LogP contribution in [0.4, 0.5) is 0 Å². The number of halogens is 1. The summed E-state index contributed by atoms with van der Waals surface area (Å²) in [5.41, 5.74) is 6.12. The molecule has 104 valence electrons. The second-order valence-corrected chi connectivity index (χ2v) is 5.60. The van der Waals surface area contributed by atoms with Crippen molar-refractivity contribution in [2.24, 2.45) is 0 Å². The smallest absolute Gasteiger partial charge is 0.126 e. The summed E-state index contributed by atoms with van der Waals surface area (Å²) < 4.78 is 5.53. The molecule has 2 aromatic carbocycles. The maximum atomic E-state index is 6.50. The van der Waals surface area contributed by atoms with Crippen LogP contribution in [0.15, 0.2) is 30.3 Å². The van der Waals surface area contributed by atoms with Gasteiger partial charge < -0.3 is 10.1 Å². The van der Waals surface area contributed by atoms with Gasteiger partial charge in [-0.15, -0.1) is 0 Å². The zero-order chi connectivity index (χ0) is 14.1. The minimum absolute atomic E-state index is 0.801. The van der Waals surface area contributed by atoms with Crippen molar-refractivity contribution in [3.8, 4) is 16.9 Å². The van der Waals surface area contributed by atoms with E-state index in [2.05, 4.69) is 30.4 Å². The molecule has 3 rings (SSSR count). The van der Waals surface area contributed by atoms with Crippen LogP contribution in [0, 0.1) is 6.92 Å². The molecule has 20 heavy (non-hydrogen) atoms. The van der Waals surface area contributed by atoms with E-state index in [-0.39, 0.29) is 0 Å². The lowest BCUT2D eigenvalue weighted by Crippen LogP contribution is -2.24. The molecular weight excluding hydrogens is 270 g/mol. The van der Waals surface area contributed by atoms with Crippen LogP contribution in [-0.4, -0.2) is 13.7 Å². The summed E-state index contributed by atoms with van der Waals surface area (Å²) >= 11 is 6.50. The molecule has 0 unspecified atom stereocenters. The van der Waals surface area contributed by atoms with E-state index in [4.69, 9.17) is 16.3 Å². The number of fused-ring (bicyclic) bond motifs is 1. The lowest BCUT2D eigenvalue weighted by atomic mass is 9.90. The van der Waals surface area contributed by atoms with E-state index >= 15 is 0 Å². The normalized spacial score (nSPS) is 13.9. The molecule has 1 heterocycles. The van der Waals surface area contributed by atoms with Crippen molar-refractivity contribution in [3.05, 3.63) is 52.0 Å². The average molecular weight is 288 g/mol. The van der Waals surface area contributed by atoms with Crippen molar-refractivity contribution < 1.29 is 4.74 Å². The number of rotatable bonds is 2. The summed E-state index contributed by atoms with van der Waals surface area (Å²) in [6.45, 7) is 4.00. The van der Waals surface area contributed by atoms with E-state index in [1.54, 1.807) is 7.11 Å². The molecule has 0 fully saturated rings. The lowest BCUT2D eigenvalue weighted by molar-refractivity contribution is 0.416. The highest BCUT2D eigenvalue weighted by molar-refractivity contribution is 6.33. The second kappa shape index (κ2) is 5.47. The van der Waals surface area contributed by atoms with Gasteiger partial charge in [-0.25, -0.2) is 0 Å². The molecule has 3 heteroatoms. The van der Waals surface area contributed by atoms with Crippen LogP contribution in [0.1, 0.15) is 16.7 Å². The van der Waals surface area contributed by atoms with E-state index in [0.29, 0.717) is 0 Å². The second-order valence-electron chi connectivity index (χ2n) is 5.19. The maximum Gasteiger partial charge on any atom is 0.126 e. The van der Waals surface area contributed by atoms with Gasteiger partial charge in [0.05, 0.1) is 7.11 Å². The first-order chi connectivity index (χ1) is 9.70. The largest absolute Gasteiger partial charge is 0.496 e. The average Bonchev–Trinajstić information content (AvgIpc) is 2.47. The first kappa shape index (κ1) is 13.5. The number of aryl methyl sites for hydroxylation is 1. The molecule has 1 aliphatic rings. The van der Waals surface area contributed by atoms with Crippen LogP contribution < -0.4 is 10.1 Å². The molecule has 0 saturated carbocycles. The van der Waals surface area contributed by atoms with Gasteiger partial charge in [-0.2, -0.15) is 0 Å². The number of hydrogen-bond donors (Lipinski definition) is 1. The fourth-order valence-electron chi connectivity index (χ4n) is 2.86. The predicted molar refractivity (Wildman–Crippen MR) is 83.6 cm³/mol. The fraction of sp³-hybridized carbons (Fsp3) is 0.294. The Morgan fingerprint density at radius 1 is 1.20 bits per heavy atom. The quantitative estimate of drug-likeness (QED) is 0.902. The van der Waals surface area contributed by atoms with Crippen LogP contribution >= 0.6 is 11.6 Å². The van der Waals surface area contributed by atoms with Gasteiger partial charge in [0.25, 0.3) is 0 Å². The molecule has 2 nitrogen and oxygen atoms in total. The van der Waals surface area contributed by atoms with Crippen LogP contribution in [0.3, 0.4) is 0 Å². The number of hydrogen-bond acceptors (Lipinski definition) is 2. The highest BCUT2D eigenvalue weighted by Crippen LogP contribution is 2.40. The highest BCUT2D eigenvalue weighted by atomic mass is 35.5. The van der Waals surface area contributed by atoms with Crippen molar-refractivity contribution >= 4 is 11.6 Å². The SMILES string of the molecule is COc1ccc(C)cc1-c1c(Cl)ccc2c1CCNC2. The summed E-state index contributed by atoms with van der Waals surface area (Å²) in [5, 5.41) is 4.21. The number of ether oxygens (including phenoxy) is 1.